The van der Waals surface area contributed by atoms with Gasteiger partial charge in [0.1, 0.15) is 0 Å². The number of hydrogen-bond donors (Lipinski definition) is 2. The van der Waals surface area contributed by atoms with E-state index in [1.165, 1.54) is 0 Å². The van der Waals surface area contributed by atoms with Crippen LogP contribution in [0.5, 0.6) is 0 Å². The first-order valence-corrected chi connectivity index (χ1v) is 8.00. The van der Waals surface area contributed by atoms with Crippen molar-refractivity contribution in [2.45, 2.75) is 24.5 Å². The fourth-order valence-electron chi connectivity index (χ4n) is 2.07. The third-order valence-corrected chi connectivity index (χ3v) is 4.73. The van der Waals surface area contributed by atoms with Crippen LogP contribution in [0, 0.1) is 6.92 Å². The number of aryl methyl sites for hydroxylation is 1. The van der Waals surface area contributed by atoms with Crippen molar-refractivity contribution in [3.05, 3.63) is 29.3 Å². The van der Waals surface area contributed by atoms with E-state index in [0.29, 0.717) is 31.9 Å². The highest BCUT2D eigenvalue weighted by Gasteiger charge is 2.21. The van der Waals surface area contributed by atoms with Crippen molar-refractivity contribution in [1.82, 2.24) is 4.72 Å². The average molecular weight is 300 g/mol. The van der Waals surface area contributed by atoms with Crippen LogP contribution in [0.25, 0.3) is 0 Å². The number of benzene rings is 1. The van der Waals surface area contributed by atoms with E-state index in [0.717, 1.165) is 5.56 Å². The first-order chi connectivity index (χ1) is 9.53. The van der Waals surface area contributed by atoms with E-state index in [2.05, 4.69) is 4.72 Å². The molecule has 20 heavy (non-hydrogen) atoms. The van der Waals surface area contributed by atoms with Gasteiger partial charge in [0, 0.05) is 13.1 Å². The molecule has 3 N–H and O–H groups in total. The Morgan fingerprint density at radius 3 is 2.80 bits per heavy atom. The molecule has 0 amide bonds. The Labute approximate surface area is 119 Å². The fraction of sp³-hybridized carbons (Fsp3) is 0.538. The molecule has 1 unspecified atom stereocenters. The lowest BCUT2D eigenvalue weighted by Gasteiger charge is -2.23. The predicted molar refractivity (Wildman–Crippen MR) is 74.8 cm³/mol. The van der Waals surface area contributed by atoms with Gasteiger partial charge >= 0.3 is 0 Å². The molecule has 1 aromatic carbocycles. The van der Waals surface area contributed by atoms with Crippen LogP contribution in [0.4, 0.5) is 0 Å². The lowest BCUT2D eigenvalue weighted by Crippen LogP contribution is -2.39. The van der Waals surface area contributed by atoms with Gasteiger partial charge in [-0.3, -0.25) is 0 Å². The van der Waals surface area contributed by atoms with Gasteiger partial charge in [0.25, 0.3) is 0 Å². The summed E-state index contributed by atoms with van der Waals surface area (Å²) in [6.45, 7) is 3.82. The number of hydrogen-bond acceptors (Lipinski definition) is 5. The highest BCUT2D eigenvalue weighted by atomic mass is 32.2. The molecule has 1 aliphatic heterocycles. The molecule has 0 aromatic heterocycles. The number of nitrogens with two attached hydrogens (primary N) is 1. The standard InChI is InChI=1S/C13H20N2O4S/c1-10-6-11(7-14)2-3-13(10)20(16,17)15-8-12-9-18-4-5-19-12/h2-3,6,12,15H,4-5,7-9,14H2,1H3. The molecule has 0 bridgehead atoms. The van der Waals surface area contributed by atoms with Gasteiger partial charge in [0.15, 0.2) is 0 Å². The molecule has 0 spiro atoms. The van der Waals surface area contributed by atoms with Crippen molar-refractivity contribution in [3.8, 4) is 0 Å². The fourth-order valence-corrected chi connectivity index (χ4v) is 3.37. The van der Waals surface area contributed by atoms with Gasteiger partial charge in [0.05, 0.1) is 30.8 Å². The maximum atomic E-state index is 12.3. The van der Waals surface area contributed by atoms with Gasteiger partial charge in [-0.15, -0.1) is 0 Å². The highest BCUT2D eigenvalue weighted by molar-refractivity contribution is 7.89. The van der Waals surface area contributed by atoms with Crippen molar-refractivity contribution < 1.29 is 17.9 Å². The van der Waals surface area contributed by atoms with Crippen LogP contribution in [0.1, 0.15) is 11.1 Å². The summed E-state index contributed by atoms with van der Waals surface area (Å²) in [5.41, 5.74) is 7.13. The second kappa shape index (κ2) is 6.64. The van der Waals surface area contributed by atoms with Gasteiger partial charge in [-0.05, 0) is 24.1 Å². The average Bonchev–Trinajstić information content (AvgIpc) is 2.46. The molecular weight excluding hydrogens is 280 g/mol. The van der Waals surface area contributed by atoms with Crippen LogP contribution < -0.4 is 10.5 Å². The Morgan fingerprint density at radius 1 is 1.40 bits per heavy atom. The van der Waals surface area contributed by atoms with E-state index in [-0.39, 0.29) is 17.5 Å². The van der Waals surface area contributed by atoms with Crippen molar-refractivity contribution >= 4 is 10.0 Å². The normalized spacial score (nSPS) is 20.0. The summed E-state index contributed by atoms with van der Waals surface area (Å²) in [5, 5.41) is 0. The van der Waals surface area contributed by atoms with Gasteiger partial charge in [-0.1, -0.05) is 12.1 Å². The molecule has 112 valence electrons. The smallest absolute Gasteiger partial charge is 0.240 e. The summed E-state index contributed by atoms with van der Waals surface area (Å²) in [5.74, 6) is 0. The second-order valence-electron chi connectivity index (χ2n) is 4.72. The molecule has 1 fully saturated rings. The minimum atomic E-state index is -3.54. The molecule has 1 saturated heterocycles. The SMILES string of the molecule is Cc1cc(CN)ccc1S(=O)(=O)NCC1COCCO1. The Hall–Kier alpha value is -0.990. The topological polar surface area (TPSA) is 90.7 Å². The van der Waals surface area contributed by atoms with Crippen molar-refractivity contribution in [2.75, 3.05) is 26.4 Å². The molecule has 6 nitrogen and oxygen atoms in total. The zero-order valence-electron chi connectivity index (χ0n) is 11.5. The zero-order valence-corrected chi connectivity index (χ0v) is 12.3. The molecule has 0 saturated carbocycles. The lowest BCUT2D eigenvalue weighted by molar-refractivity contribution is -0.0846. The first-order valence-electron chi connectivity index (χ1n) is 6.51. The Bertz CT molecular complexity index is 553. The second-order valence-corrected chi connectivity index (χ2v) is 6.46. The number of nitrogens with one attached hydrogen (secondary N) is 1. The van der Waals surface area contributed by atoms with E-state index >= 15 is 0 Å². The van der Waals surface area contributed by atoms with Gasteiger partial charge in [-0.25, -0.2) is 13.1 Å². The molecule has 0 aliphatic carbocycles. The molecule has 1 aliphatic rings. The Morgan fingerprint density at radius 2 is 2.20 bits per heavy atom. The highest BCUT2D eigenvalue weighted by Crippen LogP contribution is 2.16. The maximum absolute atomic E-state index is 12.3. The summed E-state index contributed by atoms with van der Waals surface area (Å²) in [4.78, 5) is 0.270. The van der Waals surface area contributed by atoms with E-state index in [1.54, 1.807) is 25.1 Å². The van der Waals surface area contributed by atoms with Crippen LogP contribution in [0.2, 0.25) is 0 Å². The quantitative estimate of drug-likeness (QED) is 0.807. The van der Waals surface area contributed by atoms with E-state index < -0.39 is 10.0 Å². The summed E-state index contributed by atoms with van der Waals surface area (Å²) in [6.07, 6.45) is -0.234. The summed E-state index contributed by atoms with van der Waals surface area (Å²) < 4.78 is 37.7. The lowest BCUT2D eigenvalue weighted by atomic mass is 10.1. The molecular formula is C13H20N2O4S. The van der Waals surface area contributed by atoms with Crippen LogP contribution >= 0.6 is 0 Å². The van der Waals surface area contributed by atoms with Crippen LogP contribution in [-0.4, -0.2) is 40.9 Å². The molecule has 1 atom stereocenters. The van der Waals surface area contributed by atoms with Crippen LogP contribution in [0.15, 0.2) is 23.1 Å². The summed E-state index contributed by atoms with van der Waals surface area (Å²) in [6, 6.07) is 5.09. The monoisotopic (exact) mass is 300 g/mol. The van der Waals surface area contributed by atoms with Crippen LogP contribution in [0.3, 0.4) is 0 Å². The zero-order chi connectivity index (χ0) is 14.6. The summed E-state index contributed by atoms with van der Waals surface area (Å²) in [7, 11) is -3.54. The largest absolute Gasteiger partial charge is 0.376 e. The molecule has 1 aromatic rings. The third-order valence-electron chi connectivity index (χ3n) is 3.15. The van der Waals surface area contributed by atoms with Crippen LogP contribution in [-0.2, 0) is 26.0 Å². The van der Waals surface area contributed by atoms with Gasteiger partial charge < -0.3 is 15.2 Å². The van der Waals surface area contributed by atoms with E-state index in [9.17, 15) is 8.42 Å². The minimum absolute atomic E-state index is 0.209. The third kappa shape index (κ3) is 3.77. The van der Waals surface area contributed by atoms with Crippen molar-refractivity contribution in [2.24, 2.45) is 5.73 Å². The first kappa shape index (κ1) is 15.4. The molecule has 1 heterocycles. The van der Waals surface area contributed by atoms with Crippen molar-refractivity contribution in [1.29, 1.82) is 0 Å². The van der Waals surface area contributed by atoms with Gasteiger partial charge in [0.2, 0.25) is 10.0 Å². The maximum Gasteiger partial charge on any atom is 0.240 e. The van der Waals surface area contributed by atoms with Crippen molar-refractivity contribution in [3.63, 3.8) is 0 Å². The summed E-state index contributed by atoms with van der Waals surface area (Å²) >= 11 is 0. The number of ether oxygens (including phenoxy) is 2. The number of rotatable bonds is 5. The molecule has 7 heteroatoms. The number of sulfonamides is 1. The minimum Gasteiger partial charge on any atom is -0.376 e. The molecule has 2 rings (SSSR count). The Kier molecular flexibility index (Phi) is 5.11. The Balaban J connectivity index is 2.05. The van der Waals surface area contributed by atoms with E-state index in [4.69, 9.17) is 15.2 Å². The molecule has 0 radical (unpaired) electrons. The predicted octanol–water partition coefficient (Wildman–Crippen LogP) is 0.147. The van der Waals surface area contributed by atoms with E-state index in [1.807, 2.05) is 0 Å². The van der Waals surface area contributed by atoms with Gasteiger partial charge in [-0.2, -0.15) is 0 Å².